The molecule has 1 fully saturated rings. The van der Waals surface area contributed by atoms with Gasteiger partial charge in [-0.25, -0.2) is 0 Å². The van der Waals surface area contributed by atoms with Crippen LogP contribution < -0.4 is 5.32 Å². The van der Waals surface area contributed by atoms with Crippen LogP contribution in [0.1, 0.15) is 13.8 Å². The fraction of sp³-hybridized carbons (Fsp3) is 0.769. The van der Waals surface area contributed by atoms with Crippen LogP contribution in [-0.2, 0) is 9.53 Å². The maximum atomic E-state index is 11.9. The van der Waals surface area contributed by atoms with Crippen molar-refractivity contribution in [2.45, 2.75) is 19.9 Å². The van der Waals surface area contributed by atoms with Crippen molar-refractivity contribution in [2.24, 2.45) is 0 Å². The van der Waals surface area contributed by atoms with Gasteiger partial charge >= 0.3 is 0 Å². The SMILES string of the molecule is CCOCCN1CCN(CC(=O)Nc2nncs2)C[C@H]1C. The van der Waals surface area contributed by atoms with Crippen molar-refractivity contribution in [3.63, 3.8) is 0 Å². The van der Waals surface area contributed by atoms with Crippen molar-refractivity contribution in [1.82, 2.24) is 20.0 Å². The molecule has 1 aromatic heterocycles. The van der Waals surface area contributed by atoms with Gasteiger partial charge in [0.25, 0.3) is 0 Å². The molecule has 8 heteroatoms. The van der Waals surface area contributed by atoms with E-state index in [1.807, 2.05) is 6.92 Å². The fourth-order valence-electron chi connectivity index (χ4n) is 2.46. The average molecular weight is 313 g/mol. The van der Waals surface area contributed by atoms with E-state index in [2.05, 4.69) is 32.2 Å². The lowest BCUT2D eigenvalue weighted by Crippen LogP contribution is -2.54. The van der Waals surface area contributed by atoms with Gasteiger partial charge in [0.15, 0.2) is 0 Å². The van der Waals surface area contributed by atoms with E-state index >= 15 is 0 Å². The number of amides is 1. The average Bonchev–Trinajstić information content (AvgIpc) is 2.94. The first-order valence-electron chi connectivity index (χ1n) is 7.29. The Labute approximate surface area is 129 Å². The Kier molecular flexibility index (Phi) is 6.50. The first kappa shape index (κ1) is 16.3. The first-order chi connectivity index (χ1) is 10.2. The van der Waals surface area contributed by atoms with E-state index in [-0.39, 0.29) is 5.91 Å². The van der Waals surface area contributed by atoms with Crippen LogP contribution in [-0.4, -0.2) is 77.9 Å². The maximum Gasteiger partial charge on any atom is 0.240 e. The highest BCUT2D eigenvalue weighted by atomic mass is 32.1. The second kappa shape index (κ2) is 8.38. The molecule has 1 N–H and O–H groups in total. The number of anilines is 1. The third-order valence-corrected chi connectivity index (χ3v) is 4.16. The van der Waals surface area contributed by atoms with E-state index in [4.69, 9.17) is 4.74 Å². The van der Waals surface area contributed by atoms with Crippen molar-refractivity contribution in [2.75, 3.05) is 51.3 Å². The largest absolute Gasteiger partial charge is 0.380 e. The molecule has 1 aliphatic heterocycles. The van der Waals surface area contributed by atoms with Gasteiger partial charge in [-0.15, -0.1) is 10.2 Å². The van der Waals surface area contributed by atoms with Gasteiger partial charge in [0.1, 0.15) is 5.51 Å². The Bertz CT molecular complexity index is 428. The maximum absolute atomic E-state index is 11.9. The number of carbonyl (C=O) groups excluding carboxylic acids is 1. The van der Waals surface area contributed by atoms with Crippen LogP contribution in [0, 0.1) is 0 Å². The molecule has 2 rings (SSSR count). The molecule has 21 heavy (non-hydrogen) atoms. The van der Waals surface area contributed by atoms with Crippen molar-refractivity contribution < 1.29 is 9.53 Å². The van der Waals surface area contributed by atoms with E-state index in [1.54, 1.807) is 5.51 Å². The lowest BCUT2D eigenvalue weighted by atomic mass is 10.2. The number of aromatic nitrogens is 2. The minimum Gasteiger partial charge on any atom is -0.380 e. The first-order valence-corrected chi connectivity index (χ1v) is 8.17. The highest BCUT2D eigenvalue weighted by Crippen LogP contribution is 2.11. The van der Waals surface area contributed by atoms with Crippen LogP contribution in [0.2, 0.25) is 0 Å². The van der Waals surface area contributed by atoms with Crippen LogP contribution in [0.3, 0.4) is 0 Å². The van der Waals surface area contributed by atoms with E-state index < -0.39 is 0 Å². The standard InChI is InChI=1S/C13H23N5O2S/c1-3-20-7-6-18-5-4-17(8-11(18)2)9-12(19)15-13-16-14-10-21-13/h10-11H,3-9H2,1-2H3,(H,15,16,19)/t11-/m1/s1. The van der Waals surface area contributed by atoms with Gasteiger partial charge in [0.2, 0.25) is 11.0 Å². The monoisotopic (exact) mass is 313 g/mol. The fourth-order valence-corrected chi connectivity index (χ4v) is 2.92. The molecule has 2 heterocycles. The zero-order chi connectivity index (χ0) is 15.1. The Morgan fingerprint density at radius 1 is 1.57 bits per heavy atom. The van der Waals surface area contributed by atoms with Crippen LogP contribution >= 0.6 is 11.3 Å². The number of hydrogen-bond donors (Lipinski definition) is 1. The van der Waals surface area contributed by atoms with Gasteiger partial charge in [0.05, 0.1) is 13.2 Å². The number of nitrogens with zero attached hydrogens (tertiary/aromatic N) is 4. The molecular formula is C13H23N5O2S. The molecule has 1 aromatic rings. The molecule has 7 nitrogen and oxygen atoms in total. The Balaban J connectivity index is 1.70. The van der Waals surface area contributed by atoms with Gasteiger partial charge < -0.3 is 4.74 Å². The molecule has 1 atom stereocenters. The summed E-state index contributed by atoms with van der Waals surface area (Å²) in [4.78, 5) is 16.5. The molecule has 0 unspecified atom stereocenters. The quantitative estimate of drug-likeness (QED) is 0.740. The topological polar surface area (TPSA) is 70.6 Å². The van der Waals surface area contributed by atoms with E-state index in [0.29, 0.717) is 17.7 Å². The van der Waals surface area contributed by atoms with E-state index in [1.165, 1.54) is 11.3 Å². The predicted molar refractivity (Wildman–Crippen MR) is 82.5 cm³/mol. The summed E-state index contributed by atoms with van der Waals surface area (Å²) in [5.74, 6) is -0.0262. The number of ether oxygens (including phenoxy) is 1. The second-order valence-electron chi connectivity index (χ2n) is 5.11. The molecule has 0 bridgehead atoms. The third-order valence-electron chi connectivity index (χ3n) is 3.55. The Morgan fingerprint density at radius 2 is 2.43 bits per heavy atom. The molecule has 0 saturated carbocycles. The smallest absolute Gasteiger partial charge is 0.240 e. The number of rotatable bonds is 7. The second-order valence-corrected chi connectivity index (χ2v) is 5.94. The number of carbonyl (C=O) groups is 1. The summed E-state index contributed by atoms with van der Waals surface area (Å²) in [6, 6.07) is 0.438. The number of hydrogen-bond acceptors (Lipinski definition) is 7. The minimum atomic E-state index is -0.0262. The van der Waals surface area contributed by atoms with Crippen LogP contribution in [0.4, 0.5) is 5.13 Å². The van der Waals surface area contributed by atoms with Crippen molar-refractivity contribution in [3.05, 3.63) is 5.51 Å². The molecular weight excluding hydrogens is 290 g/mol. The summed E-state index contributed by atoms with van der Waals surface area (Å²) >= 11 is 1.33. The molecule has 118 valence electrons. The number of piperazine rings is 1. The minimum absolute atomic E-state index is 0.0262. The third kappa shape index (κ3) is 5.31. The number of nitrogens with one attached hydrogen (secondary N) is 1. The normalized spacial score (nSPS) is 20.6. The van der Waals surface area contributed by atoms with Gasteiger partial charge in [-0.2, -0.15) is 0 Å². The molecule has 0 aliphatic carbocycles. The highest BCUT2D eigenvalue weighted by molar-refractivity contribution is 7.13. The molecule has 1 aliphatic rings. The zero-order valence-electron chi connectivity index (χ0n) is 12.6. The summed E-state index contributed by atoms with van der Waals surface area (Å²) in [5.41, 5.74) is 1.61. The van der Waals surface area contributed by atoms with Gasteiger partial charge in [-0.3, -0.25) is 19.9 Å². The lowest BCUT2D eigenvalue weighted by Gasteiger charge is -2.39. The molecule has 1 amide bonds. The molecule has 0 spiro atoms. The molecule has 0 radical (unpaired) electrons. The van der Waals surface area contributed by atoms with Crippen LogP contribution in [0.5, 0.6) is 0 Å². The Hall–Kier alpha value is -1.09. The summed E-state index contributed by atoms with van der Waals surface area (Å²) in [6.45, 7) is 9.89. The highest BCUT2D eigenvalue weighted by Gasteiger charge is 2.24. The lowest BCUT2D eigenvalue weighted by molar-refractivity contribution is -0.118. The summed E-state index contributed by atoms with van der Waals surface area (Å²) in [6.07, 6.45) is 0. The predicted octanol–water partition coefficient (Wildman–Crippen LogP) is 0.519. The van der Waals surface area contributed by atoms with Crippen molar-refractivity contribution in [3.8, 4) is 0 Å². The summed E-state index contributed by atoms with van der Waals surface area (Å²) in [7, 11) is 0. The molecule has 1 saturated heterocycles. The summed E-state index contributed by atoms with van der Waals surface area (Å²) < 4.78 is 5.40. The van der Waals surface area contributed by atoms with E-state index in [9.17, 15) is 4.79 Å². The van der Waals surface area contributed by atoms with E-state index in [0.717, 1.165) is 39.4 Å². The molecule has 0 aromatic carbocycles. The van der Waals surface area contributed by atoms with Gasteiger partial charge in [-0.05, 0) is 13.8 Å². The van der Waals surface area contributed by atoms with Crippen LogP contribution in [0.25, 0.3) is 0 Å². The van der Waals surface area contributed by atoms with Gasteiger partial charge in [0, 0.05) is 38.8 Å². The van der Waals surface area contributed by atoms with Crippen LogP contribution in [0.15, 0.2) is 5.51 Å². The van der Waals surface area contributed by atoms with Crippen molar-refractivity contribution >= 4 is 22.4 Å². The summed E-state index contributed by atoms with van der Waals surface area (Å²) in [5, 5.41) is 10.8. The van der Waals surface area contributed by atoms with Crippen molar-refractivity contribution in [1.29, 1.82) is 0 Å². The van der Waals surface area contributed by atoms with Gasteiger partial charge in [-0.1, -0.05) is 11.3 Å². The Morgan fingerprint density at radius 3 is 3.10 bits per heavy atom. The zero-order valence-corrected chi connectivity index (χ0v) is 13.4.